The predicted molar refractivity (Wildman–Crippen MR) is 78.2 cm³/mol. The minimum atomic E-state index is -4.44. The van der Waals surface area contributed by atoms with Crippen molar-refractivity contribution in [3.8, 4) is 0 Å². The van der Waals surface area contributed by atoms with Crippen LogP contribution in [0.4, 0.5) is 13.2 Å². The quantitative estimate of drug-likeness (QED) is 0.905. The van der Waals surface area contributed by atoms with Crippen LogP contribution < -0.4 is 0 Å². The number of nitrogens with zero attached hydrogens (tertiary/aromatic N) is 2. The van der Waals surface area contributed by atoms with Crippen molar-refractivity contribution in [2.24, 2.45) is 5.92 Å². The summed E-state index contributed by atoms with van der Waals surface area (Å²) < 4.78 is 37.5. The Morgan fingerprint density at radius 1 is 1.18 bits per heavy atom. The number of aliphatic hydroxyl groups excluding tert-OH is 1. The summed E-state index contributed by atoms with van der Waals surface area (Å²) in [6.45, 7) is 8.25. The van der Waals surface area contributed by atoms with Crippen molar-refractivity contribution in [1.82, 2.24) is 9.88 Å². The molecule has 6 heteroatoms. The minimum Gasteiger partial charge on any atom is -0.388 e. The molecule has 3 nitrogen and oxygen atoms in total. The van der Waals surface area contributed by atoms with Crippen LogP contribution in [0.5, 0.6) is 0 Å². The lowest BCUT2D eigenvalue weighted by atomic mass is 9.86. The summed E-state index contributed by atoms with van der Waals surface area (Å²) >= 11 is 0. The average Bonchev–Trinajstić information content (AvgIpc) is 2.45. The molecule has 0 aromatic carbocycles. The fraction of sp³-hybridized carbons (Fsp3) is 0.688. The Bertz CT molecular complexity index is 486. The predicted octanol–water partition coefficient (Wildman–Crippen LogP) is 3.64. The Kier molecular flexibility index (Phi) is 4.82. The maximum Gasteiger partial charge on any atom is 0.433 e. The van der Waals surface area contributed by atoms with Gasteiger partial charge in [0.2, 0.25) is 0 Å². The molecule has 1 aromatic heterocycles. The molecule has 124 valence electrons. The molecule has 1 fully saturated rings. The molecule has 0 bridgehead atoms. The van der Waals surface area contributed by atoms with E-state index in [2.05, 4.69) is 30.7 Å². The Balaban J connectivity index is 2.00. The van der Waals surface area contributed by atoms with Gasteiger partial charge in [-0.2, -0.15) is 13.2 Å². The van der Waals surface area contributed by atoms with Crippen molar-refractivity contribution in [1.29, 1.82) is 0 Å². The summed E-state index contributed by atoms with van der Waals surface area (Å²) in [5.74, 6) is 0.0668. The van der Waals surface area contributed by atoms with Crippen LogP contribution in [0.2, 0.25) is 0 Å². The number of alkyl halides is 3. The van der Waals surface area contributed by atoms with Crippen LogP contribution in [0, 0.1) is 5.92 Å². The van der Waals surface area contributed by atoms with E-state index in [1.54, 1.807) is 0 Å². The van der Waals surface area contributed by atoms with E-state index < -0.39 is 18.0 Å². The number of hydrogen-bond donors (Lipinski definition) is 1. The molecule has 2 heterocycles. The third-order valence-corrected chi connectivity index (χ3v) is 4.35. The SMILES string of the molecule is CC(C)(C)N1CCC(C(O)c2ccc(C(F)(F)F)nc2)CC1. The lowest BCUT2D eigenvalue weighted by Crippen LogP contribution is -2.46. The lowest BCUT2D eigenvalue weighted by molar-refractivity contribution is -0.141. The fourth-order valence-electron chi connectivity index (χ4n) is 2.91. The molecular weight excluding hydrogens is 293 g/mol. The molecule has 0 radical (unpaired) electrons. The van der Waals surface area contributed by atoms with Gasteiger partial charge in [0.05, 0.1) is 6.10 Å². The van der Waals surface area contributed by atoms with Crippen molar-refractivity contribution >= 4 is 0 Å². The van der Waals surface area contributed by atoms with E-state index in [9.17, 15) is 18.3 Å². The van der Waals surface area contributed by atoms with Gasteiger partial charge in [-0.05, 0) is 64.3 Å². The second-order valence-electron chi connectivity index (χ2n) is 6.91. The molecule has 1 saturated heterocycles. The zero-order chi connectivity index (χ0) is 16.5. The largest absolute Gasteiger partial charge is 0.433 e. The Hall–Kier alpha value is -1.14. The Morgan fingerprint density at radius 3 is 2.18 bits per heavy atom. The van der Waals surface area contributed by atoms with Crippen LogP contribution in [0.1, 0.15) is 51.0 Å². The molecule has 1 aromatic rings. The first-order valence-corrected chi connectivity index (χ1v) is 7.55. The normalized spacial score (nSPS) is 20.1. The number of piperidine rings is 1. The van der Waals surface area contributed by atoms with Gasteiger partial charge < -0.3 is 5.11 Å². The summed E-state index contributed by atoms with van der Waals surface area (Å²) in [6.07, 6.45) is -2.39. The molecule has 1 unspecified atom stereocenters. The van der Waals surface area contributed by atoms with Crippen LogP contribution >= 0.6 is 0 Å². The highest BCUT2D eigenvalue weighted by atomic mass is 19.4. The molecule has 22 heavy (non-hydrogen) atoms. The van der Waals surface area contributed by atoms with Crippen LogP contribution in [-0.4, -0.2) is 33.6 Å². The molecule has 1 aliphatic rings. The smallest absolute Gasteiger partial charge is 0.388 e. The monoisotopic (exact) mass is 316 g/mol. The second-order valence-corrected chi connectivity index (χ2v) is 6.91. The highest BCUT2D eigenvalue weighted by Gasteiger charge is 2.34. The van der Waals surface area contributed by atoms with E-state index in [1.807, 2.05) is 0 Å². The van der Waals surface area contributed by atoms with Crippen LogP contribution in [-0.2, 0) is 6.18 Å². The van der Waals surface area contributed by atoms with Crippen molar-refractivity contribution < 1.29 is 18.3 Å². The number of aromatic nitrogens is 1. The molecule has 2 rings (SSSR count). The Labute approximate surface area is 129 Å². The Morgan fingerprint density at radius 2 is 1.77 bits per heavy atom. The first-order chi connectivity index (χ1) is 10.1. The second kappa shape index (κ2) is 6.16. The first kappa shape index (κ1) is 17.2. The van der Waals surface area contributed by atoms with Crippen molar-refractivity contribution in [2.75, 3.05) is 13.1 Å². The maximum atomic E-state index is 12.5. The van der Waals surface area contributed by atoms with Gasteiger partial charge in [-0.3, -0.25) is 9.88 Å². The van der Waals surface area contributed by atoms with Crippen LogP contribution in [0.15, 0.2) is 18.3 Å². The highest BCUT2D eigenvalue weighted by molar-refractivity contribution is 5.19. The lowest BCUT2D eigenvalue weighted by Gasteiger charge is -2.41. The van der Waals surface area contributed by atoms with Crippen molar-refractivity contribution in [3.05, 3.63) is 29.6 Å². The number of pyridine rings is 1. The number of rotatable bonds is 2. The van der Waals surface area contributed by atoms with Gasteiger partial charge in [0.15, 0.2) is 0 Å². The molecule has 0 spiro atoms. The molecule has 1 aliphatic heterocycles. The molecule has 0 amide bonds. The molecular formula is C16H23F3N2O. The third-order valence-electron chi connectivity index (χ3n) is 4.35. The number of hydrogen-bond acceptors (Lipinski definition) is 3. The summed E-state index contributed by atoms with van der Waals surface area (Å²) in [5, 5.41) is 10.4. The van der Waals surface area contributed by atoms with E-state index in [4.69, 9.17) is 0 Å². The van der Waals surface area contributed by atoms with Crippen molar-refractivity contribution in [2.45, 2.75) is 51.4 Å². The van der Waals surface area contributed by atoms with Gasteiger partial charge in [-0.25, -0.2) is 0 Å². The molecule has 0 saturated carbocycles. The van der Waals surface area contributed by atoms with Gasteiger partial charge in [0.1, 0.15) is 5.69 Å². The van der Waals surface area contributed by atoms with E-state index in [1.165, 1.54) is 6.07 Å². The van der Waals surface area contributed by atoms with E-state index in [-0.39, 0.29) is 11.5 Å². The number of halogens is 3. The van der Waals surface area contributed by atoms with Gasteiger partial charge >= 0.3 is 6.18 Å². The van der Waals surface area contributed by atoms with Gasteiger partial charge in [-0.1, -0.05) is 6.07 Å². The summed E-state index contributed by atoms with van der Waals surface area (Å²) in [6, 6.07) is 2.26. The zero-order valence-corrected chi connectivity index (χ0v) is 13.2. The highest BCUT2D eigenvalue weighted by Crippen LogP contribution is 2.34. The molecule has 1 atom stereocenters. The van der Waals surface area contributed by atoms with Crippen molar-refractivity contribution in [3.63, 3.8) is 0 Å². The third kappa shape index (κ3) is 3.98. The topological polar surface area (TPSA) is 36.4 Å². The van der Waals surface area contributed by atoms with Crippen LogP contribution in [0.25, 0.3) is 0 Å². The minimum absolute atomic E-state index is 0.0668. The molecule has 0 aliphatic carbocycles. The number of likely N-dealkylation sites (tertiary alicyclic amines) is 1. The maximum absolute atomic E-state index is 12.5. The van der Waals surface area contributed by atoms with E-state index in [0.717, 1.165) is 38.2 Å². The number of aliphatic hydroxyl groups is 1. The van der Waals surface area contributed by atoms with Gasteiger partial charge in [0.25, 0.3) is 0 Å². The fourth-order valence-corrected chi connectivity index (χ4v) is 2.91. The first-order valence-electron chi connectivity index (χ1n) is 7.55. The van der Waals surface area contributed by atoms with Gasteiger partial charge in [0, 0.05) is 11.7 Å². The van der Waals surface area contributed by atoms with E-state index in [0.29, 0.717) is 5.56 Å². The van der Waals surface area contributed by atoms with Crippen LogP contribution in [0.3, 0.4) is 0 Å². The summed E-state index contributed by atoms with van der Waals surface area (Å²) in [4.78, 5) is 5.79. The van der Waals surface area contributed by atoms with E-state index >= 15 is 0 Å². The standard InChI is InChI=1S/C16H23F3N2O/c1-15(2,3)21-8-6-11(7-9-21)14(22)12-4-5-13(20-10-12)16(17,18)19/h4-5,10-11,14,22H,6-9H2,1-3H3. The summed E-state index contributed by atoms with van der Waals surface area (Å²) in [7, 11) is 0. The average molecular weight is 316 g/mol. The zero-order valence-electron chi connectivity index (χ0n) is 13.2. The summed E-state index contributed by atoms with van der Waals surface area (Å²) in [5.41, 5.74) is -0.362. The molecule has 1 N–H and O–H groups in total. The van der Waals surface area contributed by atoms with Gasteiger partial charge in [-0.15, -0.1) is 0 Å².